The lowest BCUT2D eigenvalue weighted by atomic mass is 10.0. The third kappa shape index (κ3) is 4.34. The molecular weight excluding hydrogens is 362 g/mol. The molecule has 0 aliphatic rings. The van der Waals surface area contributed by atoms with Crippen molar-refractivity contribution >= 4 is 28.3 Å². The van der Waals surface area contributed by atoms with Gasteiger partial charge in [0.2, 0.25) is 0 Å². The Hall–Kier alpha value is -2.72. The molecule has 0 unspecified atom stereocenters. The molecule has 5 heteroatoms. The predicted octanol–water partition coefficient (Wildman–Crippen LogP) is 5.22. The fourth-order valence-electron chi connectivity index (χ4n) is 2.97. The van der Waals surface area contributed by atoms with Crippen LogP contribution in [-0.4, -0.2) is 19.1 Å². The van der Waals surface area contributed by atoms with Gasteiger partial charge in [-0.25, -0.2) is 0 Å². The SMILES string of the molecule is CCOc1cc(C(=O)NCc2cccc3ccccc23)cc(Cl)c1OCC. The Balaban J connectivity index is 1.81. The van der Waals surface area contributed by atoms with Crippen LogP contribution < -0.4 is 14.8 Å². The van der Waals surface area contributed by atoms with Crippen LogP contribution in [0.3, 0.4) is 0 Å². The lowest BCUT2D eigenvalue weighted by molar-refractivity contribution is 0.0950. The maximum Gasteiger partial charge on any atom is 0.251 e. The zero-order chi connectivity index (χ0) is 19.2. The molecule has 0 fully saturated rings. The molecule has 0 bridgehead atoms. The zero-order valence-electron chi connectivity index (χ0n) is 15.4. The second-order valence-corrected chi connectivity index (χ2v) is 6.38. The van der Waals surface area contributed by atoms with Gasteiger partial charge in [0.25, 0.3) is 5.91 Å². The number of nitrogens with one attached hydrogen (secondary N) is 1. The maximum atomic E-state index is 12.7. The summed E-state index contributed by atoms with van der Waals surface area (Å²) < 4.78 is 11.1. The summed E-state index contributed by atoms with van der Waals surface area (Å²) in [6.45, 7) is 5.09. The summed E-state index contributed by atoms with van der Waals surface area (Å²) in [5.74, 6) is 0.725. The average molecular weight is 384 g/mol. The molecule has 140 valence electrons. The number of amides is 1. The molecule has 0 saturated carbocycles. The second-order valence-electron chi connectivity index (χ2n) is 5.97. The number of carbonyl (C=O) groups is 1. The molecule has 0 heterocycles. The molecule has 4 nitrogen and oxygen atoms in total. The second kappa shape index (κ2) is 8.78. The number of hydrogen-bond donors (Lipinski definition) is 1. The highest BCUT2D eigenvalue weighted by Gasteiger charge is 2.16. The molecule has 0 atom stereocenters. The van der Waals surface area contributed by atoms with Gasteiger partial charge in [-0.1, -0.05) is 54.1 Å². The number of halogens is 1. The molecule has 0 saturated heterocycles. The smallest absolute Gasteiger partial charge is 0.251 e. The van der Waals surface area contributed by atoms with Crippen molar-refractivity contribution in [3.05, 3.63) is 70.7 Å². The molecule has 27 heavy (non-hydrogen) atoms. The van der Waals surface area contributed by atoms with E-state index >= 15 is 0 Å². The van der Waals surface area contributed by atoms with Gasteiger partial charge in [0, 0.05) is 12.1 Å². The zero-order valence-corrected chi connectivity index (χ0v) is 16.2. The third-order valence-corrected chi connectivity index (χ3v) is 4.46. The monoisotopic (exact) mass is 383 g/mol. The first-order valence-corrected chi connectivity index (χ1v) is 9.35. The standard InChI is InChI=1S/C22H22ClNO3/c1-3-26-20-13-17(12-19(23)21(20)27-4-2)22(25)24-14-16-10-7-9-15-8-5-6-11-18(15)16/h5-13H,3-4,14H2,1-2H3,(H,24,25). The number of fused-ring (bicyclic) bond motifs is 1. The predicted molar refractivity (Wildman–Crippen MR) is 109 cm³/mol. The van der Waals surface area contributed by atoms with E-state index in [-0.39, 0.29) is 5.91 Å². The van der Waals surface area contributed by atoms with Crippen molar-refractivity contribution in [2.24, 2.45) is 0 Å². The molecule has 0 radical (unpaired) electrons. The minimum Gasteiger partial charge on any atom is -0.490 e. The van der Waals surface area contributed by atoms with Gasteiger partial charge >= 0.3 is 0 Å². The summed E-state index contributed by atoms with van der Waals surface area (Å²) in [4.78, 5) is 12.7. The first-order valence-electron chi connectivity index (χ1n) is 8.98. The topological polar surface area (TPSA) is 47.6 Å². The van der Waals surface area contributed by atoms with Crippen molar-refractivity contribution in [3.8, 4) is 11.5 Å². The Kier molecular flexibility index (Phi) is 6.20. The van der Waals surface area contributed by atoms with Gasteiger partial charge in [-0.15, -0.1) is 0 Å². The first kappa shape index (κ1) is 19.1. The summed E-state index contributed by atoms with van der Waals surface area (Å²) in [5.41, 5.74) is 1.50. The van der Waals surface area contributed by atoms with Crippen LogP contribution in [0.2, 0.25) is 5.02 Å². The number of ether oxygens (including phenoxy) is 2. The summed E-state index contributed by atoms with van der Waals surface area (Å²) in [6.07, 6.45) is 0. The fourth-order valence-corrected chi connectivity index (χ4v) is 3.24. The largest absolute Gasteiger partial charge is 0.490 e. The van der Waals surface area contributed by atoms with E-state index in [1.165, 1.54) is 0 Å². The van der Waals surface area contributed by atoms with Gasteiger partial charge in [0.05, 0.1) is 18.2 Å². The number of hydrogen-bond acceptors (Lipinski definition) is 3. The van der Waals surface area contributed by atoms with E-state index in [1.807, 2.05) is 38.1 Å². The molecule has 0 aromatic heterocycles. The van der Waals surface area contributed by atoms with Crippen molar-refractivity contribution in [2.45, 2.75) is 20.4 Å². The Morgan fingerprint density at radius 1 is 1.00 bits per heavy atom. The van der Waals surface area contributed by atoms with Gasteiger partial charge in [0.15, 0.2) is 11.5 Å². The van der Waals surface area contributed by atoms with E-state index in [0.717, 1.165) is 16.3 Å². The summed E-state index contributed by atoms with van der Waals surface area (Å²) in [6, 6.07) is 17.4. The Morgan fingerprint density at radius 3 is 2.52 bits per heavy atom. The molecule has 1 amide bonds. The van der Waals surface area contributed by atoms with Gasteiger partial charge in [0.1, 0.15) is 0 Å². The van der Waals surface area contributed by atoms with E-state index in [2.05, 4.69) is 23.5 Å². The van der Waals surface area contributed by atoms with Crippen LogP contribution in [-0.2, 0) is 6.54 Å². The van der Waals surface area contributed by atoms with Crippen LogP contribution >= 0.6 is 11.6 Å². The Morgan fingerprint density at radius 2 is 1.74 bits per heavy atom. The van der Waals surface area contributed by atoms with Gasteiger partial charge in [-0.3, -0.25) is 4.79 Å². The molecule has 0 spiro atoms. The van der Waals surface area contributed by atoms with Crippen molar-refractivity contribution < 1.29 is 14.3 Å². The number of carbonyl (C=O) groups excluding carboxylic acids is 1. The van der Waals surface area contributed by atoms with Gasteiger partial charge in [-0.2, -0.15) is 0 Å². The normalized spacial score (nSPS) is 10.6. The molecule has 3 aromatic carbocycles. The Labute approximate surface area is 164 Å². The Bertz CT molecular complexity index is 950. The van der Waals surface area contributed by atoms with Crippen molar-refractivity contribution in [1.29, 1.82) is 0 Å². The highest BCUT2D eigenvalue weighted by molar-refractivity contribution is 6.32. The van der Waals surface area contributed by atoms with E-state index < -0.39 is 0 Å². The van der Waals surface area contributed by atoms with Crippen molar-refractivity contribution in [3.63, 3.8) is 0 Å². The minimum atomic E-state index is -0.214. The van der Waals surface area contributed by atoms with Crippen molar-refractivity contribution in [2.75, 3.05) is 13.2 Å². The maximum absolute atomic E-state index is 12.7. The van der Waals surface area contributed by atoms with Crippen LogP contribution in [0.25, 0.3) is 10.8 Å². The van der Waals surface area contributed by atoms with E-state index in [1.54, 1.807) is 12.1 Å². The van der Waals surface area contributed by atoms with Crippen molar-refractivity contribution in [1.82, 2.24) is 5.32 Å². The number of benzene rings is 3. The summed E-state index contributed by atoms with van der Waals surface area (Å²) in [7, 11) is 0. The lowest BCUT2D eigenvalue weighted by Crippen LogP contribution is -2.23. The first-order chi connectivity index (χ1) is 13.1. The highest BCUT2D eigenvalue weighted by Crippen LogP contribution is 2.36. The number of rotatable bonds is 7. The highest BCUT2D eigenvalue weighted by atomic mass is 35.5. The van der Waals surface area contributed by atoms with Crippen LogP contribution in [0.15, 0.2) is 54.6 Å². The van der Waals surface area contributed by atoms with Crippen LogP contribution in [0.4, 0.5) is 0 Å². The van der Waals surface area contributed by atoms with E-state index in [4.69, 9.17) is 21.1 Å². The summed E-state index contributed by atoms with van der Waals surface area (Å²) in [5, 5.41) is 5.59. The van der Waals surface area contributed by atoms with Crippen LogP contribution in [0.5, 0.6) is 11.5 Å². The molecule has 1 N–H and O–H groups in total. The lowest BCUT2D eigenvalue weighted by Gasteiger charge is -2.14. The minimum absolute atomic E-state index is 0.214. The fraction of sp³-hybridized carbons (Fsp3) is 0.227. The molecule has 3 aromatic rings. The van der Waals surface area contributed by atoms with Crippen LogP contribution in [0.1, 0.15) is 29.8 Å². The molecular formula is C22H22ClNO3. The molecule has 3 rings (SSSR count). The van der Waals surface area contributed by atoms with E-state index in [9.17, 15) is 4.79 Å². The quantitative estimate of drug-likeness (QED) is 0.608. The molecule has 0 aliphatic heterocycles. The van der Waals surface area contributed by atoms with Gasteiger partial charge in [-0.05, 0) is 42.3 Å². The average Bonchev–Trinajstić information content (AvgIpc) is 2.68. The van der Waals surface area contributed by atoms with Gasteiger partial charge < -0.3 is 14.8 Å². The van der Waals surface area contributed by atoms with Crippen LogP contribution in [0, 0.1) is 0 Å². The summed E-state index contributed by atoms with van der Waals surface area (Å²) >= 11 is 6.30. The van der Waals surface area contributed by atoms with E-state index in [0.29, 0.717) is 41.8 Å². The third-order valence-electron chi connectivity index (χ3n) is 4.18. The molecule has 0 aliphatic carbocycles.